The van der Waals surface area contributed by atoms with E-state index in [9.17, 15) is 4.79 Å². The van der Waals surface area contributed by atoms with Crippen molar-refractivity contribution in [2.45, 2.75) is 0 Å². The summed E-state index contributed by atoms with van der Waals surface area (Å²) < 4.78 is 0. The first kappa shape index (κ1) is 12.1. The van der Waals surface area contributed by atoms with Gasteiger partial charge in [-0.05, 0) is 12.1 Å². The molecule has 0 saturated carbocycles. The van der Waals surface area contributed by atoms with Crippen molar-refractivity contribution in [3.05, 3.63) is 60.7 Å². The number of nitrogens with one attached hydrogen (secondary N) is 1. The third-order valence-electron chi connectivity index (χ3n) is 2.84. The molecule has 0 saturated heterocycles. The lowest BCUT2D eigenvalue weighted by molar-refractivity contribution is -0.105. The number of carbonyl (C=O) groups is 1. The Morgan fingerprint density at radius 2 is 1.55 bits per heavy atom. The predicted molar refractivity (Wildman–Crippen MR) is 76.5 cm³/mol. The lowest BCUT2D eigenvalue weighted by Gasteiger charge is -1.97. The van der Waals surface area contributed by atoms with Crippen LogP contribution in [0.1, 0.15) is 0 Å². The molecule has 2 aromatic carbocycles. The van der Waals surface area contributed by atoms with E-state index in [4.69, 9.17) is 0 Å². The molecule has 1 heterocycles. The molecule has 1 aromatic heterocycles. The maximum absolute atomic E-state index is 10.7. The number of amides is 1. The van der Waals surface area contributed by atoms with Crippen LogP contribution >= 0.6 is 0 Å². The topological polar surface area (TPSA) is 59.8 Å². The second kappa shape index (κ2) is 5.36. The minimum Gasteiger partial charge on any atom is -0.310 e. The second-order valence-corrected chi connectivity index (χ2v) is 4.15. The summed E-state index contributed by atoms with van der Waals surface area (Å²) in [6.07, 6.45) is 0.603. The molecule has 20 heavy (non-hydrogen) atoms. The first-order valence-corrected chi connectivity index (χ1v) is 6.17. The van der Waals surface area contributed by atoms with Crippen molar-refractivity contribution in [2.75, 3.05) is 5.32 Å². The van der Waals surface area contributed by atoms with E-state index in [2.05, 4.69) is 15.5 Å². The van der Waals surface area contributed by atoms with Crippen molar-refractivity contribution < 1.29 is 4.79 Å². The molecule has 0 aliphatic rings. The lowest BCUT2D eigenvalue weighted by Crippen LogP contribution is -1.99. The fourth-order valence-electron chi connectivity index (χ4n) is 1.93. The summed E-state index contributed by atoms with van der Waals surface area (Å²) in [6.45, 7) is 0. The van der Waals surface area contributed by atoms with Gasteiger partial charge in [-0.15, -0.1) is 15.0 Å². The van der Waals surface area contributed by atoms with E-state index in [-0.39, 0.29) is 0 Å². The van der Waals surface area contributed by atoms with Crippen LogP contribution in [0.5, 0.6) is 0 Å². The lowest BCUT2D eigenvalue weighted by atomic mass is 10.1. The minimum atomic E-state index is 0.440. The molecule has 3 aromatic rings. The van der Waals surface area contributed by atoms with Crippen LogP contribution in [0.3, 0.4) is 0 Å². The number of anilines is 1. The Labute approximate surface area is 115 Å². The van der Waals surface area contributed by atoms with Crippen LogP contribution in [0.25, 0.3) is 16.9 Å². The zero-order chi connectivity index (χ0) is 13.8. The number of nitrogens with zero attached hydrogens (tertiary/aromatic N) is 3. The molecular weight excluding hydrogens is 252 g/mol. The summed E-state index contributed by atoms with van der Waals surface area (Å²) in [5.41, 5.74) is 2.38. The van der Waals surface area contributed by atoms with E-state index in [0.717, 1.165) is 11.3 Å². The van der Waals surface area contributed by atoms with Crippen LogP contribution in [0, 0.1) is 0 Å². The van der Waals surface area contributed by atoms with E-state index >= 15 is 0 Å². The summed E-state index contributed by atoms with van der Waals surface area (Å²) in [7, 11) is 0. The van der Waals surface area contributed by atoms with Gasteiger partial charge in [0, 0.05) is 5.56 Å². The zero-order valence-corrected chi connectivity index (χ0v) is 10.6. The average Bonchev–Trinajstić information content (AvgIpc) is 2.94. The normalized spacial score (nSPS) is 10.2. The molecule has 1 N–H and O–H groups in total. The zero-order valence-electron chi connectivity index (χ0n) is 10.6. The summed E-state index contributed by atoms with van der Waals surface area (Å²) in [5.74, 6) is 0.440. The molecule has 5 heteroatoms. The highest BCUT2D eigenvalue weighted by Crippen LogP contribution is 2.24. The molecule has 0 bridgehead atoms. The number of benzene rings is 2. The van der Waals surface area contributed by atoms with Gasteiger partial charge in [-0.2, -0.15) is 0 Å². The molecular formula is C15H12N4O. The molecule has 3 rings (SSSR count). The molecule has 0 aliphatic carbocycles. The van der Waals surface area contributed by atoms with Gasteiger partial charge in [0.05, 0.1) is 5.69 Å². The Morgan fingerprint density at radius 3 is 2.20 bits per heavy atom. The Balaban J connectivity index is 2.10. The molecule has 98 valence electrons. The van der Waals surface area contributed by atoms with Gasteiger partial charge >= 0.3 is 0 Å². The summed E-state index contributed by atoms with van der Waals surface area (Å²) in [4.78, 5) is 12.2. The smallest absolute Gasteiger partial charge is 0.212 e. The predicted octanol–water partition coefficient (Wildman–Crippen LogP) is 2.50. The summed E-state index contributed by atoms with van der Waals surface area (Å²) in [6, 6.07) is 19.2. The van der Waals surface area contributed by atoms with Crippen LogP contribution < -0.4 is 5.32 Å². The van der Waals surface area contributed by atoms with E-state index in [0.29, 0.717) is 17.9 Å². The van der Waals surface area contributed by atoms with Gasteiger partial charge in [-0.1, -0.05) is 48.5 Å². The van der Waals surface area contributed by atoms with E-state index in [1.54, 1.807) is 0 Å². The van der Waals surface area contributed by atoms with Crippen LogP contribution in [-0.4, -0.2) is 21.4 Å². The highest BCUT2D eigenvalue weighted by molar-refractivity contribution is 5.80. The SMILES string of the molecule is O=CNc1nn(-c2ccccc2)nc1-c1ccccc1. The van der Waals surface area contributed by atoms with Gasteiger partial charge in [-0.25, -0.2) is 0 Å². The molecule has 5 nitrogen and oxygen atoms in total. The van der Waals surface area contributed by atoms with Gasteiger partial charge in [0.25, 0.3) is 0 Å². The monoisotopic (exact) mass is 264 g/mol. The maximum Gasteiger partial charge on any atom is 0.212 e. The van der Waals surface area contributed by atoms with Crippen molar-refractivity contribution in [1.29, 1.82) is 0 Å². The Kier molecular flexibility index (Phi) is 3.24. The van der Waals surface area contributed by atoms with Crippen LogP contribution in [-0.2, 0) is 4.79 Å². The van der Waals surface area contributed by atoms with Gasteiger partial charge < -0.3 is 5.32 Å². The van der Waals surface area contributed by atoms with Gasteiger partial charge in [-0.3, -0.25) is 4.79 Å². The number of carbonyl (C=O) groups excluding carboxylic acids is 1. The molecule has 0 aliphatic heterocycles. The first-order chi connectivity index (χ1) is 9.88. The fraction of sp³-hybridized carbons (Fsp3) is 0. The van der Waals surface area contributed by atoms with Crippen LogP contribution in [0.15, 0.2) is 60.7 Å². The molecule has 0 atom stereocenters. The minimum absolute atomic E-state index is 0.440. The second-order valence-electron chi connectivity index (χ2n) is 4.15. The van der Waals surface area contributed by atoms with Crippen LogP contribution in [0.2, 0.25) is 0 Å². The highest BCUT2D eigenvalue weighted by Gasteiger charge is 2.13. The third kappa shape index (κ3) is 2.29. The molecule has 0 radical (unpaired) electrons. The van der Waals surface area contributed by atoms with Gasteiger partial charge in [0.2, 0.25) is 6.41 Å². The summed E-state index contributed by atoms with van der Waals surface area (Å²) >= 11 is 0. The molecule has 1 amide bonds. The standard InChI is InChI=1S/C15H12N4O/c20-11-16-15-14(12-7-3-1-4-8-12)17-19(18-15)13-9-5-2-6-10-13/h1-11H,(H,16,18,20). The molecule has 0 spiro atoms. The van der Waals surface area contributed by atoms with E-state index in [1.807, 2.05) is 60.7 Å². The first-order valence-electron chi connectivity index (χ1n) is 6.17. The quantitative estimate of drug-likeness (QED) is 0.736. The van der Waals surface area contributed by atoms with E-state index in [1.165, 1.54) is 4.80 Å². The maximum atomic E-state index is 10.7. The number of para-hydroxylation sites is 1. The van der Waals surface area contributed by atoms with Crippen molar-refractivity contribution in [3.8, 4) is 16.9 Å². The van der Waals surface area contributed by atoms with Crippen molar-refractivity contribution >= 4 is 12.2 Å². The average molecular weight is 264 g/mol. The number of hydrogen-bond acceptors (Lipinski definition) is 3. The highest BCUT2D eigenvalue weighted by atomic mass is 16.1. The number of aromatic nitrogens is 3. The number of hydrogen-bond donors (Lipinski definition) is 1. The fourth-order valence-corrected chi connectivity index (χ4v) is 1.93. The Hall–Kier alpha value is -2.95. The van der Waals surface area contributed by atoms with Crippen molar-refractivity contribution in [1.82, 2.24) is 15.0 Å². The molecule has 0 unspecified atom stereocenters. The Morgan fingerprint density at radius 1 is 0.900 bits per heavy atom. The number of rotatable bonds is 4. The van der Waals surface area contributed by atoms with Gasteiger partial charge in [0.15, 0.2) is 5.82 Å². The Bertz CT molecular complexity index is 707. The van der Waals surface area contributed by atoms with Crippen LogP contribution in [0.4, 0.5) is 5.82 Å². The molecule has 0 fully saturated rings. The van der Waals surface area contributed by atoms with E-state index < -0.39 is 0 Å². The summed E-state index contributed by atoms with van der Waals surface area (Å²) in [5, 5.41) is 11.4. The third-order valence-corrected chi connectivity index (χ3v) is 2.84. The van der Waals surface area contributed by atoms with Gasteiger partial charge in [0.1, 0.15) is 5.69 Å². The largest absolute Gasteiger partial charge is 0.310 e. The van der Waals surface area contributed by atoms with Crippen molar-refractivity contribution in [2.24, 2.45) is 0 Å². The van der Waals surface area contributed by atoms with Crippen molar-refractivity contribution in [3.63, 3.8) is 0 Å².